The lowest BCUT2D eigenvalue weighted by Gasteiger charge is -2.30. The number of nitrogens with two attached hydrogens (primary N) is 1. The number of hydrogen-bond donors (Lipinski definition) is 3. The molecular weight excluding hydrogens is 280 g/mol. The SMILES string of the molecule is N=Cc1c(N)ncc2c1CCN(c1ncnc3[nH]ncc13)C2. The fourth-order valence-electron chi connectivity index (χ4n) is 2.93. The van der Waals surface area contributed by atoms with E-state index in [1.54, 1.807) is 12.4 Å². The molecule has 0 atom stereocenters. The molecular formula is C14H14N8. The number of nitrogens with zero attached hydrogens (tertiary/aromatic N) is 5. The minimum atomic E-state index is 0.418. The maximum atomic E-state index is 7.53. The average molecular weight is 294 g/mol. The third-order valence-electron chi connectivity index (χ3n) is 4.01. The predicted octanol–water partition coefficient (Wildman–Crippen LogP) is 0.890. The summed E-state index contributed by atoms with van der Waals surface area (Å²) in [5.41, 5.74) is 9.50. The smallest absolute Gasteiger partial charge is 0.160 e. The van der Waals surface area contributed by atoms with Crippen molar-refractivity contribution in [2.75, 3.05) is 17.2 Å². The Morgan fingerprint density at radius 3 is 3.05 bits per heavy atom. The van der Waals surface area contributed by atoms with E-state index in [4.69, 9.17) is 11.1 Å². The molecule has 110 valence electrons. The highest BCUT2D eigenvalue weighted by Gasteiger charge is 2.23. The first-order valence-electron chi connectivity index (χ1n) is 6.93. The molecule has 4 heterocycles. The molecule has 22 heavy (non-hydrogen) atoms. The lowest BCUT2D eigenvalue weighted by molar-refractivity contribution is 0.719. The molecule has 0 fully saturated rings. The molecule has 0 aromatic carbocycles. The maximum absolute atomic E-state index is 7.53. The normalized spacial score (nSPS) is 14.1. The van der Waals surface area contributed by atoms with Crippen molar-refractivity contribution < 1.29 is 0 Å². The Balaban J connectivity index is 1.76. The van der Waals surface area contributed by atoms with Crippen LogP contribution >= 0.6 is 0 Å². The number of aromatic amines is 1. The van der Waals surface area contributed by atoms with Gasteiger partial charge >= 0.3 is 0 Å². The first-order valence-corrected chi connectivity index (χ1v) is 6.93. The van der Waals surface area contributed by atoms with Gasteiger partial charge in [-0.2, -0.15) is 5.10 Å². The third kappa shape index (κ3) is 1.80. The summed E-state index contributed by atoms with van der Waals surface area (Å²) in [6, 6.07) is 0. The van der Waals surface area contributed by atoms with E-state index in [1.807, 2.05) is 0 Å². The molecule has 4 rings (SSSR count). The van der Waals surface area contributed by atoms with Gasteiger partial charge in [-0.25, -0.2) is 15.0 Å². The highest BCUT2D eigenvalue weighted by molar-refractivity contribution is 5.88. The first kappa shape index (κ1) is 12.7. The van der Waals surface area contributed by atoms with Crippen molar-refractivity contribution in [1.29, 1.82) is 5.41 Å². The summed E-state index contributed by atoms with van der Waals surface area (Å²) in [4.78, 5) is 14.9. The highest BCUT2D eigenvalue weighted by atomic mass is 15.2. The maximum Gasteiger partial charge on any atom is 0.160 e. The average Bonchev–Trinajstić information content (AvgIpc) is 3.03. The zero-order valence-corrected chi connectivity index (χ0v) is 11.7. The molecule has 0 saturated heterocycles. The van der Waals surface area contributed by atoms with Gasteiger partial charge in [0.2, 0.25) is 0 Å². The predicted molar refractivity (Wildman–Crippen MR) is 83.0 cm³/mol. The van der Waals surface area contributed by atoms with Crippen LogP contribution in [0.2, 0.25) is 0 Å². The molecule has 0 bridgehead atoms. The van der Waals surface area contributed by atoms with Crippen molar-refractivity contribution in [3.63, 3.8) is 0 Å². The summed E-state index contributed by atoms with van der Waals surface area (Å²) in [7, 11) is 0. The van der Waals surface area contributed by atoms with Gasteiger partial charge in [-0.15, -0.1) is 0 Å². The lowest BCUT2D eigenvalue weighted by atomic mass is 9.96. The van der Waals surface area contributed by atoms with E-state index in [0.29, 0.717) is 12.4 Å². The van der Waals surface area contributed by atoms with Gasteiger partial charge in [0.05, 0.1) is 11.6 Å². The number of rotatable bonds is 2. The first-order chi connectivity index (χ1) is 10.8. The van der Waals surface area contributed by atoms with Crippen LogP contribution in [-0.2, 0) is 13.0 Å². The summed E-state index contributed by atoms with van der Waals surface area (Å²) in [6.45, 7) is 1.48. The molecule has 0 radical (unpaired) electrons. The van der Waals surface area contributed by atoms with E-state index in [9.17, 15) is 0 Å². The van der Waals surface area contributed by atoms with E-state index >= 15 is 0 Å². The van der Waals surface area contributed by atoms with E-state index in [2.05, 4.69) is 30.0 Å². The van der Waals surface area contributed by atoms with Gasteiger partial charge in [0.15, 0.2) is 5.65 Å². The van der Waals surface area contributed by atoms with E-state index in [1.165, 1.54) is 12.5 Å². The quantitative estimate of drug-likeness (QED) is 0.604. The molecule has 1 aliphatic rings. The number of H-pyrrole nitrogens is 1. The number of anilines is 2. The molecule has 0 amide bonds. The van der Waals surface area contributed by atoms with Crippen LogP contribution in [0.5, 0.6) is 0 Å². The fourth-order valence-corrected chi connectivity index (χ4v) is 2.93. The Kier molecular flexibility index (Phi) is 2.75. The molecule has 3 aromatic heterocycles. The lowest BCUT2D eigenvalue weighted by Crippen LogP contribution is -2.32. The molecule has 3 aromatic rings. The van der Waals surface area contributed by atoms with Crippen LogP contribution in [0.15, 0.2) is 18.7 Å². The largest absolute Gasteiger partial charge is 0.383 e. The monoisotopic (exact) mass is 294 g/mol. The molecule has 0 aliphatic carbocycles. The van der Waals surface area contributed by atoms with Crippen LogP contribution in [0.25, 0.3) is 11.0 Å². The molecule has 0 saturated carbocycles. The number of hydrogen-bond acceptors (Lipinski definition) is 7. The Labute approximate surface area is 125 Å². The van der Waals surface area contributed by atoms with E-state index in [-0.39, 0.29) is 0 Å². The second-order valence-electron chi connectivity index (χ2n) is 5.21. The van der Waals surface area contributed by atoms with Crippen LogP contribution in [0.3, 0.4) is 0 Å². The molecule has 0 unspecified atom stereocenters. The number of fused-ring (bicyclic) bond motifs is 2. The van der Waals surface area contributed by atoms with Gasteiger partial charge in [0.25, 0.3) is 0 Å². The number of nitrogens with one attached hydrogen (secondary N) is 2. The van der Waals surface area contributed by atoms with Gasteiger partial charge in [-0.05, 0) is 17.5 Å². The Bertz CT molecular complexity index is 868. The molecule has 1 aliphatic heterocycles. The van der Waals surface area contributed by atoms with Crippen LogP contribution in [0, 0.1) is 5.41 Å². The van der Waals surface area contributed by atoms with Gasteiger partial charge in [-0.1, -0.05) is 0 Å². The molecule has 4 N–H and O–H groups in total. The Hall–Kier alpha value is -3.03. The minimum Gasteiger partial charge on any atom is -0.383 e. The second-order valence-corrected chi connectivity index (χ2v) is 5.21. The van der Waals surface area contributed by atoms with Crippen molar-refractivity contribution in [2.45, 2.75) is 13.0 Å². The van der Waals surface area contributed by atoms with Gasteiger partial charge in [0.1, 0.15) is 18.0 Å². The van der Waals surface area contributed by atoms with Crippen LogP contribution < -0.4 is 10.6 Å². The zero-order valence-electron chi connectivity index (χ0n) is 11.7. The highest BCUT2D eigenvalue weighted by Crippen LogP contribution is 2.29. The Morgan fingerprint density at radius 2 is 2.18 bits per heavy atom. The topological polar surface area (TPSA) is 120 Å². The molecule has 0 spiro atoms. The van der Waals surface area contributed by atoms with E-state index in [0.717, 1.165) is 46.5 Å². The number of pyridine rings is 1. The van der Waals surface area contributed by atoms with Crippen LogP contribution in [0.1, 0.15) is 16.7 Å². The van der Waals surface area contributed by atoms with Crippen LogP contribution in [0.4, 0.5) is 11.6 Å². The van der Waals surface area contributed by atoms with Gasteiger partial charge < -0.3 is 16.0 Å². The summed E-state index contributed by atoms with van der Waals surface area (Å²) < 4.78 is 0. The summed E-state index contributed by atoms with van der Waals surface area (Å²) in [5.74, 6) is 1.28. The van der Waals surface area contributed by atoms with Gasteiger partial charge in [-0.3, -0.25) is 5.10 Å². The fraction of sp³-hybridized carbons (Fsp3) is 0.214. The second kappa shape index (κ2) is 4.76. The summed E-state index contributed by atoms with van der Waals surface area (Å²) >= 11 is 0. The molecule has 8 nitrogen and oxygen atoms in total. The number of aromatic nitrogens is 5. The van der Waals surface area contributed by atoms with Crippen molar-refractivity contribution in [3.05, 3.63) is 35.4 Å². The minimum absolute atomic E-state index is 0.418. The van der Waals surface area contributed by atoms with Gasteiger partial charge in [0, 0.05) is 31.1 Å². The third-order valence-corrected chi connectivity index (χ3v) is 4.01. The van der Waals surface area contributed by atoms with Crippen molar-refractivity contribution >= 4 is 28.9 Å². The van der Waals surface area contributed by atoms with Crippen molar-refractivity contribution in [3.8, 4) is 0 Å². The summed E-state index contributed by atoms with van der Waals surface area (Å²) in [5, 5.41) is 15.3. The zero-order chi connectivity index (χ0) is 15.1. The number of nitrogen functional groups attached to an aromatic ring is 1. The van der Waals surface area contributed by atoms with Crippen molar-refractivity contribution in [2.24, 2.45) is 0 Å². The molecule has 8 heteroatoms. The van der Waals surface area contributed by atoms with Crippen molar-refractivity contribution in [1.82, 2.24) is 25.1 Å². The Morgan fingerprint density at radius 1 is 1.27 bits per heavy atom. The van der Waals surface area contributed by atoms with E-state index < -0.39 is 0 Å². The standard InChI is InChI=1S/C14H14N8/c15-3-10-9-1-2-22(6-8(9)4-17-12(10)16)14-11-5-20-21-13(11)18-7-19-14/h3-5,7,15H,1-2,6H2,(H2,16,17)(H,18,19,20,21). The summed E-state index contributed by atoms with van der Waals surface area (Å²) in [6.07, 6.45) is 7.16. The van der Waals surface area contributed by atoms with Crippen LogP contribution in [-0.4, -0.2) is 37.9 Å².